The molecule has 0 saturated heterocycles. The number of aromatic nitrogens is 2. The van der Waals surface area contributed by atoms with Crippen molar-refractivity contribution in [2.45, 2.75) is 11.8 Å². The first-order chi connectivity index (χ1) is 13.5. The number of ether oxygens (including phenoxy) is 1. The molecule has 0 aliphatic carbocycles. The molecule has 0 radical (unpaired) electrons. The quantitative estimate of drug-likeness (QED) is 0.699. The number of halogens is 1. The molecule has 2 amide bonds. The lowest BCUT2D eigenvalue weighted by atomic mass is 9.72. The van der Waals surface area contributed by atoms with E-state index in [1.165, 1.54) is 0 Å². The zero-order valence-corrected chi connectivity index (χ0v) is 15.6. The van der Waals surface area contributed by atoms with Crippen molar-refractivity contribution in [3.8, 4) is 11.4 Å². The van der Waals surface area contributed by atoms with Crippen LogP contribution in [0.2, 0.25) is 5.02 Å². The summed E-state index contributed by atoms with van der Waals surface area (Å²) in [6.07, 6.45) is 1.63. The predicted molar refractivity (Wildman–Crippen MR) is 104 cm³/mol. The average Bonchev–Trinajstić information content (AvgIpc) is 3.23. The van der Waals surface area contributed by atoms with Gasteiger partial charge in [-0.2, -0.15) is 5.10 Å². The summed E-state index contributed by atoms with van der Waals surface area (Å²) in [5.41, 5.74) is 1.47. The van der Waals surface area contributed by atoms with E-state index in [0.29, 0.717) is 33.4 Å². The van der Waals surface area contributed by atoms with Crippen LogP contribution in [-0.2, 0) is 15.0 Å². The largest absolute Gasteiger partial charge is 0.497 e. The summed E-state index contributed by atoms with van der Waals surface area (Å²) in [4.78, 5) is 25.7. The Labute approximate surface area is 165 Å². The van der Waals surface area contributed by atoms with E-state index in [1.54, 1.807) is 42.3 Å². The number of fused-ring (bicyclic) bond motifs is 4. The lowest BCUT2D eigenvalue weighted by Crippen LogP contribution is -2.43. The molecule has 2 aliphatic heterocycles. The number of amides is 2. The van der Waals surface area contributed by atoms with Crippen molar-refractivity contribution in [1.29, 1.82) is 0 Å². The van der Waals surface area contributed by atoms with Crippen LogP contribution >= 0.6 is 11.6 Å². The smallest absolute Gasteiger partial charge is 0.240 e. The van der Waals surface area contributed by atoms with E-state index in [2.05, 4.69) is 15.7 Å². The highest BCUT2D eigenvalue weighted by atomic mass is 35.5. The topological polar surface area (TPSA) is 85.2 Å². The Balaban J connectivity index is 1.72. The number of rotatable bonds is 2. The van der Waals surface area contributed by atoms with Gasteiger partial charge in [-0.15, -0.1) is 0 Å². The van der Waals surface area contributed by atoms with E-state index >= 15 is 0 Å². The highest BCUT2D eigenvalue weighted by Gasteiger charge is 2.54. The maximum Gasteiger partial charge on any atom is 0.240 e. The molecule has 0 fully saturated rings. The Hall–Kier alpha value is -3.32. The van der Waals surface area contributed by atoms with Gasteiger partial charge in [-0.05, 0) is 35.9 Å². The van der Waals surface area contributed by atoms with Crippen molar-refractivity contribution in [2.24, 2.45) is 0 Å². The number of anilines is 2. The molecule has 2 aromatic carbocycles. The van der Waals surface area contributed by atoms with Crippen LogP contribution in [0.15, 0.2) is 48.7 Å². The molecule has 1 spiro atoms. The fraction of sp³-hybridized carbons (Fsp3) is 0.150. The summed E-state index contributed by atoms with van der Waals surface area (Å²) in [5, 5.41) is 10.6. The van der Waals surface area contributed by atoms with Crippen molar-refractivity contribution < 1.29 is 14.3 Å². The second kappa shape index (κ2) is 5.84. The molecule has 7 nitrogen and oxygen atoms in total. The van der Waals surface area contributed by atoms with E-state index in [-0.39, 0.29) is 18.2 Å². The van der Waals surface area contributed by atoms with Gasteiger partial charge in [0.05, 0.1) is 29.7 Å². The molecule has 8 heteroatoms. The molecule has 5 rings (SSSR count). The lowest BCUT2D eigenvalue weighted by Gasteiger charge is -2.31. The third-order valence-electron chi connectivity index (χ3n) is 5.33. The molecule has 1 unspecified atom stereocenters. The Bertz CT molecular complexity index is 1140. The Kier molecular flexibility index (Phi) is 3.51. The fourth-order valence-electron chi connectivity index (χ4n) is 4.00. The minimum absolute atomic E-state index is 0.00647. The molecule has 140 valence electrons. The average molecular weight is 395 g/mol. The minimum atomic E-state index is -1.15. The number of methoxy groups -OCH3 is 1. The first-order valence-corrected chi connectivity index (χ1v) is 9.05. The van der Waals surface area contributed by atoms with Gasteiger partial charge in [-0.3, -0.25) is 9.59 Å². The number of para-hydroxylation sites is 1. The van der Waals surface area contributed by atoms with E-state index in [9.17, 15) is 9.59 Å². The number of carbonyl (C=O) groups excluding carboxylic acids is 2. The number of hydrogen-bond acceptors (Lipinski definition) is 4. The zero-order chi connectivity index (χ0) is 19.5. The maximum absolute atomic E-state index is 13.1. The van der Waals surface area contributed by atoms with Gasteiger partial charge in [0.1, 0.15) is 17.0 Å². The van der Waals surface area contributed by atoms with Crippen LogP contribution in [0.1, 0.15) is 17.5 Å². The van der Waals surface area contributed by atoms with Gasteiger partial charge < -0.3 is 15.4 Å². The zero-order valence-electron chi connectivity index (χ0n) is 14.8. The van der Waals surface area contributed by atoms with Crippen molar-refractivity contribution in [1.82, 2.24) is 9.78 Å². The van der Waals surface area contributed by atoms with Gasteiger partial charge in [-0.1, -0.05) is 23.7 Å². The van der Waals surface area contributed by atoms with Crippen molar-refractivity contribution in [3.63, 3.8) is 0 Å². The molecule has 2 N–H and O–H groups in total. The van der Waals surface area contributed by atoms with Crippen LogP contribution < -0.4 is 15.4 Å². The van der Waals surface area contributed by atoms with Crippen LogP contribution in [0.4, 0.5) is 11.5 Å². The lowest BCUT2D eigenvalue weighted by molar-refractivity contribution is -0.125. The SMILES string of the molecule is COc1ccc(-n2ncc3c2NC(=O)CC32C(=O)Nc3c(Cl)cccc32)cc1. The number of carbonyl (C=O) groups is 2. The molecule has 2 aliphatic rings. The van der Waals surface area contributed by atoms with E-state index in [1.807, 2.05) is 18.2 Å². The molecule has 1 aromatic heterocycles. The summed E-state index contributed by atoms with van der Waals surface area (Å²) in [5.74, 6) is 0.653. The van der Waals surface area contributed by atoms with Crippen LogP contribution in [0.5, 0.6) is 5.75 Å². The second-order valence-electron chi connectivity index (χ2n) is 6.76. The molecular formula is C20H15ClN4O3. The monoisotopic (exact) mass is 394 g/mol. The standard InChI is InChI=1S/C20H15ClN4O3/c1-28-12-7-5-11(6-8-12)25-18-14(10-22-25)20(9-16(26)23-18)13-3-2-4-15(21)17(13)24-19(20)27/h2-8,10H,9H2,1H3,(H,23,26)(H,24,27). The Morgan fingerprint density at radius 2 is 1.89 bits per heavy atom. The van der Waals surface area contributed by atoms with E-state index in [4.69, 9.17) is 16.3 Å². The van der Waals surface area contributed by atoms with Gasteiger partial charge in [0.15, 0.2) is 0 Å². The molecular weight excluding hydrogens is 380 g/mol. The summed E-state index contributed by atoms with van der Waals surface area (Å²) < 4.78 is 6.81. The first-order valence-electron chi connectivity index (χ1n) is 8.68. The highest BCUT2D eigenvalue weighted by Crippen LogP contribution is 2.51. The van der Waals surface area contributed by atoms with Crippen LogP contribution in [-0.4, -0.2) is 28.7 Å². The summed E-state index contributed by atoms with van der Waals surface area (Å²) in [6.45, 7) is 0. The summed E-state index contributed by atoms with van der Waals surface area (Å²) >= 11 is 6.28. The number of hydrogen-bond donors (Lipinski definition) is 2. The minimum Gasteiger partial charge on any atom is -0.497 e. The molecule has 1 atom stereocenters. The van der Waals surface area contributed by atoms with E-state index < -0.39 is 5.41 Å². The Morgan fingerprint density at radius 1 is 1.11 bits per heavy atom. The molecule has 0 saturated carbocycles. The Morgan fingerprint density at radius 3 is 2.64 bits per heavy atom. The van der Waals surface area contributed by atoms with Crippen LogP contribution in [0.25, 0.3) is 5.69 Å². The third kappa shape index (κ3) is 2.13. The third-order valence-corrected chi connectivity index (χ3v) is 5.64. The summed E-state index contributed by atoms with van der Waals surface area (Å²) in [7, 11) is 1.59. The predicted octanol–water partition coefficient (Wildman–Crippen LogP) is 3.11. The molecule has 0 bridgehead atoms. The van der Waals surface area contributed by atoms with Crippen molar-refractivity contribution in [3.05, 3.63) is 64.8 Å². The first kappa shape index (κ1) is 16.8. The van der Waals surface area contributed by atoms with Gasteiger partial charge >= 0.3 is 0 Å². The van der Waals surface area contributed by atoms with Crippen LogP contribution in [0.3, 0.4) is 0 Å². The fourth-order valence-corrected chi connectivity index (χ4v) is 4.23. The van der Waals surface area contributed by atoms with E-state index in [0.717, 1.165) is 5.69 Å². The normalized spacial score (nSPS) is 19.8. The van der Waals surface area contributed by atoms with Gasteiger partial charge in [0, 0.05) is 12.0 Å². The van der Waals surface area contributed by atoms with Gasteiger partial charge in [-0.25, -0.2) is 4.68 Å². The molecule has 3 heterocycles. The number of nitrogens with one attached hydrogen (secondary N) is 2. The van der Waals surface area contributed by atoms with Crippen molar-refractivity contribution >= 4 is 34.9 Å². The summed E-state index contributed by atoms with van der Waals surface area (Å²) in [6, 6.07) is 12.6. The van der Waals surface area contributed by atoms with Crippen molar-refractivity contribution in [2.75, 3.05) is 17.7 Å². The maximum atomic E-state index is 13.1. The molecule has 28 heavy (non-hydrogen) atoms. The number of nitrogens with zero attached hydrogens (tertiary/aromatic N) is 2. The molecule has 3 aromatic rings. The number of benzene rings is 2. The van der Waals surface area contributed by atoms with Crippen LogP contribution in [0, 0.1) is 0 Å². The second-order valence-corrected chi connectivity index (χ2v) is 7.17. The van der Waals surface area contributed by atoms with Gasteiger partial charge in [0.2, 0.25) is 11.8 Å². The van der Waals surface area contributed by atoms with Gasteiger partial charge in [0.25, 0.3) is 0 Å². The highest BCUT2D eigenvalue weighted by molar-refractivity contribution is 6.35.